The van der Waals surface area contributed by atoms with Gasteiger partial charge in [0.1, 0.15) is 0 Å². The molecule has 0 radical (unpaired) electrons. The molecule has 4 heteroatoms. The zero-order chi connectivity index (χ0) is 14.5. The van der Waals surface area contributed by atoms with Crippen LogP contribution in [0.2, 0.25) is 0 Å². The maximum atomic E-state index is 10.3. The number of aliphatic hydroxyl groups excluding tert-OH is 2. The molecule has 1 heterocycles. The summed E-state index contributed by atoms with van der Waals surface area (Å²) in [5, 5.41) is 25.0. The standard InChI is InChI=1S/C16H28N2O2/c1-3-12(2)18-10-9-14(17-18)11-15(19)16(20)13-7-5-4-6-8-13/h9-10,12-13,15-16,19-20H,3-8,11H2,1-2H3. The van der Waals surface area contributed by atoms with Gasteiger partial charge < -0.3 is 10.2 Å². The molecule has 1 fully saturated rings. The van der Waals surface area contributed by atoms with Crippen molar-refractivity contribution in [2.75, 3.05) is 0 Å². The van der Waals surface area contributed by atoms with Crippen molar-refractivity contribution in [2.45, 2.75) is 77.0 Å². The van der Waals surface area contributed by atoms with Crippen LogP contribution < -0.4 is 0 Å². The fourth-order valence-electron chi connectivity index (χ4n) is 3.04. The molecule has 1 aromatic rings. The van der Waals surface area contributed by atoms with Crippen LogP contribution in [0.3, 0.4) is 0 Å². The van der Waals surface area contributed by atoms with Crippen LogP contribution in [0.1, 0.15) is 64.1 Å². The highest BCUT2D eigenvalue weighted by atomic mass is 16.3. The van der Waals surface area contributed by atoms with Crippen LogP contribution in [0.25, 0.3) is 0 Å². The van der Waals surface area contributed by atoms with E-state index in [0.29, 0.717) is 12.5 Å². The van der Waals surface area contributed by atoms with E-state index in [-0.39, 0.29) is 5.92 Å². The number of hydrogen-bond donors (Lipinski definition) is 2. The van der Waals surface area contributed by atoms with Crippen molar-refractivity contribution >= 4 is 0 Å². The average Bonchev–Trinajstić information content (AvgIpc) is 2.95. The number of hydrogen-bond acceptors (Lipinski definition) is 3. The van der Waals surface area contributed by atoms with E-state index in [9.17, 15) is 10.2 Å². The quantitative estimate of drug-likeness (QED) is 0.842. The lowest BCUT2D eigenvalue weighted by molar-refractivity contribution is -0.0268. The van der Waals surface area contributed by atoms with E-state index >= 15 is 0 Å². The molecule has 1 aromatic heterocycles. The molecule has 2 N–H and O–H groups in total. The second kappa shape index (κ2) is 7.23. The van der Waals surface area contributed by atoms with Crippen molar-refractivity contribution in [1.29, 1.82) is 0 Å². The molecule has 20 heavy (non-hydrogen) atoms. The molecule has 0 bridgehead atoms. The Morgan fingerprint density at radius 3 is 2.65 bits per heavy atom. The van der Waals surface area contributed by atoms with Crippen molar-refractivity contribution in [3.05, 3.63) is 18.0 Å². The van der Waals surface area contributed by atoms with E-state index in [1.54, 1.807) is 0 Å². The lowest BCUT2D eigenvalue weighted by Gasteiger charge is -2.29. The summed E-state index contributed by atoms with van der Waals surface area (Å²) in [5.74, 6) is 0.260. The van der Waals surface area contributed by atoms with Crippen LogP contribution in [0.15, 0.2) is 12.3 Å². The molecule has 2 rings (SSSR count). The van der Waals surface area contributed by atoms with Gasteiger partial charge in [0.25, 0.3) is 0 Å². The molecule has 0 saturated heterocycles. The summed E-state index contributed by atoms with van der Waals surface area (Å²) in [4.78, 5) is 0. The van der Waals surface area contributed by atoms with E-state index in [1.807, 2.05) is 16.9 Å². The summed E-state index contributed by atoms with van der Waals surface area (Å²) in [5.41, 5.74) is 0.868. The zero-order valence-corrected chi connectivity index (χ0v) is 12.7. The van der Waals surface area contributed by atoms with Crippen molar-refractivity contribution < 1.29 is 10.2 Å². The SMILES string of the molecule is CCC(C)n1ccc(CC(O)C(O)C2CCCCC2)n1. The maximum absolute atomic E-state index is 10.3. The van der Waals surface area contributed by atoms with E-state index in [4.69, 9.17) is 0 Å². The lowest BCUT2D eigenvalue weighted by atomic mass is 9.82. The van der Waals surface area contributed by atoms with E-state index in [0.717, 1.165) is 25.0 Å². The Balaban J connectivity index is 1.89. The predicted molar refractivity (Wildman–Crippen MR) is 79.5 cm³/mol. The van der Waals surface area contributed by atoms with E-state index in [2.05, 4.69) is 18.9 Å². The number of nitrogens with zero attached hydrogens (tertiary/aromatic N) is 2. The third-order valence-electron chi connectivity index (χ3n) is 4.65. The van der Waals surface area contributed by atoms with Gasteiger partial charge in [-0.25, -0.2) is 0 Å². The van der Waals surface area contributed by atoms with E-state index in [1.165, 1.54) is 19.3 Å². The minimum Gasteiger partial charge on any atom is -0.390 e. The minimum absolute atomic E-state index is 0.260. The number of aromatic nitrogens is 2. The van der Waals surface area contributed by atoms with Crippen molar-refractivity contribution in [3.8, 4) is 0 Å². The van der Waals surface area contributed by atoms with Crippen LogP contribution in [-0.2, 0) is 6.42 Å². The summed E-state index contributed by atoms with van der Waals surface area (Å²) < 4.78 is 1.94. The van der Waals surface area contributed by atoms with Gasteiger partial charge in [-0.3, -0.25) is 4.68 Å². The molecule has 114 valence electrons. The third kappa shape index (κ3) is 3.83. The monoisotopic (exact) mass is 280 g/mol. The highest BCUT2D eigenvalue weighted by molar-refractivity contribution is 5.02. The second-order valence-electron chi connectivity index (χ2n) is 6.20. The highest BCUT2D eigenvalue weighted by Gasteiger charge is 2.28. The summed E-state index contributed by atoms with van der Waals surface area (Å²) in [7, 11) is 0. The summed E-state index contributed by atoms with van der Waals surface area (Å²) in [6.07, 6.45) is 7.84. The first-order valence-corrected chi connectivity index (χ1v) is 8.02. The predicted octanol–water partition coefficient (Wildman–Crippen LogP) is 2.70. The Kier molecular flexibility index (Phi) is 5.61. The van der Waals surface area contributed by atoms with Crippen LogP contribution in [0.4, 0.5) is 0 Å². The smallest absolute Gasteiger partial charge is 0.0857 e. The van der Waals surface area contributed by atoms with Crippen LogP contribution >= 0.6 is 0 Å². The zero-order valence-electron chi connectivity index (χ0n) is 12.7. The fraction of sp³-hybridized carbons (Fsp3) is 0.812. The highest BCUT2D eigenvalue weighted by Crippen LogP contribution is 2.28. The first kappa shape index (κ1) is 15.5. The lowest BCUT2D eigenvalue weighted by Crippen LogP contribution is -2.36. The average molecular weight is 280 g/mol. The minimum atomic E-state index is -0.696. The van der Waals surface area contributed by atoms with Gasteiger partial charge in [-0.2, -0.15) is 5.10 Å². The van der Waals surface area contributed by atoms with E-state index < -0.39 is 12.2 Å². The Labute approximate surface area is 121 Å². The van der Waals surface area contributed by atoms with Gasteiger partial charge in [0.2, 0.25) is 0 Å². The molecule has 1 aliphatic carbocycles. The number of aliphatic hydroxyl groups is 2. The van der Waals surface area contributed by atoms with Crippen molar-refractivity contribution in [3.63, 3.8) is 0 Å². The molecule has 0 spiro atoms. The normalized spacial score (nSPS) is 21.6. The molecule has 4 nitrogen and oxygen atoms in total. The summed E-state index contributed by atoms with van der Waals surface area (Å²) in [6.45, 7) is 4.26. The van der Waals surface area contributed by atoms with Crippen LogP contribution in [0, 0.1) is 5.92 Å². The van der Waals surface area contributed by atoms with Gasteiger partial charge in [0.05, 0.1) is 17.9 Å². The first-order valence-electron chi connectivity index (χ1n) is 8.02. The fourth-order valence-corrected chi connectivity index (χ4v) is 3.04. The van der Waals surface area contributed by atoms with Gasteiger partial charge in [-0.05, 0) is 38.2 Å². The molecule has 3 unspecified atom stereocenters. The number of rotatable bonds is 6. The Bertz CT molecular complexity index is 399. The summed E-state index contributed by atoms with van der Waals surface area (Å²) >= 11 is 0. The molecule has 0 aliphatic heterocycles. The van der Waals surface area contributed by atoms with Crippen LogP contribution in [0.5, 0.6) is 0 Å². The molecule has 0 amide bonds. The van der Waals surface area contributed by atoms with Gasteiger partial charge in [-0.15, -0.1) is 0 Å². The molecular formula is C16H28N2O2. The molecular weight excluding hydrogens is 252 g/mol. The molecule has 3 atom stereocenters. The first-order chi connectivity index (χ1) is 9.61. The molecule has 1 aliphatic rings. The molecule has 1 saturated carbocycles. The second-order valence-corrected chi connectivity index (χ2v) is 6.20. The van der Waals surface area contributed by atoms with Crippen molar-refractivity contribution in [1.82, 2.24) is 9.78 Å². The van der Waals surface area contributed by atoms with Gasteiger partial charge in [-0.1, -0.05) is 26.2 Å². The van der Waals surface area contributed by atoms with Gasteiger partial charge in [0.15, 0.2) is 0 Å². The molecule has 0 aromatic carbocycles. The summed E-state index contributed by atoms with van der Waals surface area (Å²) in [6, 6.07) is 2.33. The Hall–Kier alpha value is -0.870. The Morgan fingerprint density at radius 2 is 2.00 bits per heavy atom. The van der Waals surface area contributed by atoms with Gasteiger partial charge >= 0.3 is 0 Å². The Morgan fingerprint density at radius 1 is 1.30 bits per heavy atom. The van der Waals surface area contributed by atoms with Crippen LogP contribution in [-0.4, -0.2) is 32.2 Å². The largest absolute Gasteiger partial charge is 0.390 e. The topological polar surface area (TPSA) is 58.3 Å². The van der Waals surface area contributed by atoms with Crippen molar-refractivity contribution in [2.24, 2.45) is 5.92 Å². The maximum Gasteiger partial charge on any atom is 0.0857 e. The third-order valence-corrected chi connectivity index (χ3v) is 4.65. The van der Waals surface area contributed by atoms with Gasteiger partial charge in [0, 0.05) is 18.7 Å².